The van der Waals surface area contributed by atoms with E-state index in [0.717, 1.165) is 30.0 Å². The normalized spacial score (nSPS) is 10.2. The molecule has 0 atom stereocenters. The van der Waals surface area contributed by atoms with Crippen molar-refractivity contribution >= 4 is 5.69 Å². The van der Waals surface area contributed by atoms with Gasteiger partial charge in [0.25, 0.3) is 0 Å². The maximum Gasteiger partial charge on any atom is 0.160 e. The van der Waals surface area contributed by atoms with E-state index in [0.29, 0.717) is 12.3 Å². The van der Waals surface area contributed by atoms with Crippen molar-refractivity contribution in [3.63, 3.8) is 0 Å². The van der Waals surface area contributed by atoms with Crippen LogP contribution in [0.4, 0.5) is 5.69 Å². The third-order valence-electron chi connectivity index (χ3n) is 3.05. The van der Waals surface area contributed by atoms with Gasteiger partial charge in [-0.25, -0.2) is 0 Å². The Labute approximate surface area is 125 Å². The standard InChI is InChI=1S/C17H21NO3/c1-3-9-21-15-6-4-5-13(10-15)12-18-14-7-8-17(20-2)16(19)11-14/h4-8,10-11,18-19H,3,9,12H2,1-2H3. The number of rotatable bonds is 7. The van der Waals surface area contributed by atoms with Crippen molar-refractivity contribution in [2.75, 3.05) is 19.0 Å². The van der Waals surface area contributed by atoms with Crippen LogP contribution in [0, 0.1) is 0 Å². The summed E-state index contributed by atoms with van der Waals surface area (Å²) in [7, 11) is 1.53. The first-order chi connectivity index (χ1) is 10.2. The summed E-state index contributed by atoms with van der Waals surface area (Å²) in [6, 6.07) is 13.2. The van der Waals surface area contributed by atoms with Gasteiger partial charge in [0.15, 0.2) is 11.5 Å². The molecule has 2 aromatic carbocycles. The molecule has 2 N–H and O–H groups in total. The number of nitrogens with one attached hydrogen (secondary N) is 1. The summed E-state index contributed by atoms with van der Waals surface area (Å²) in [6.45, 7) is 3.47. The average molecular weight is 287 g/mol. The van der Waals surface area contributed by atoms with E-state index >= 15 is 0 Å². The lowest BCUT2D eigenvalue weighted by Gasteiger charge is -2.10. The highest BCUT2D eigenvalue weighted by molar-refractivity contribution is 5.54. The summed E-state index contributed by atoms with van der Waals surface area (Å²) in [4.78, 5) is 0. The van der Waals surface area contributed by atoms with Gasteiger partial charge < -0.3 is 19.9 Å². The second kappa shape index (κ2) is 7.43. The van der Waals surface area contributed by atoms with E-state index < -0.39 is 0 Å². The van der Waals surface area contributed by atoms with Gasteiger partial charge in [-0.1, -0.05) is 19.1 Å². The molecular formula is C17H21NO3. The summed E-state index contributed by atoms with van der Waals surface area (Å²) in [5, 5.41) is 13.0. The molecule has 0 aromatic heterocycles. The largest absolute Gasteiger partial charge is 0.504 e. The van der Waals surface area contributed by atoms with Gasteiger partial charge in [-0.15, -0.1) is 0 Å². The van der Waals surface area contributed by atoms with Crippen molar-refractivity contribution < 1.29 is 14.6 Å². The Hall–Kier alpha value is -2.36. The van der Waals surface area contributed by atoms with Crippen molar-refractivity contribution in [2.45, 2.75) is 19.9 Å². The lowest BCUT2D eigenvalue weighted by Crippen LogP contribution is -2.01. The summed E-state index contributed by atoms with van der Waals surface area (Å²) in [5.74, 6) is 1.48. The smallest absolute Gasteiger partial charge is 0.160 e. The average Bonchev–Trinajstić information content (AvgIpc) is 2.51. The first kappa shape index (κ1) is 15.0. The molecule has 0 bridgehead atoms. The number of phenolic OH excluding ortho intramolecular Hbond substituents is 1. The molecule has 0 radical (unpaired) electrons. The molecule has 0 aliphatic heterocycles. The van der Waals surface area contributed by atoms with Crippen LogP contribution in [0.3, 0.4) is 0 Å². The second-order valence-electron chi connectivity index (χ2n) is 4.74. The minimum atomic E-state index is 0.127. The number of hydrogen-bond acceptors (Lipinski definition) is 4. The molecule has 0 heterocycles. The summed E-state index contributed by atoms with van der Waals surface area (Å²) in [6.07, 6.45) is 0.994. The van der Waals surface area contributed by atoms with Crippen molar-refractivity contribution in [1.29, 1.82) is 0 Å². The maximum atomic E-state index is 9.74. The van der Waals surface area contributed by atoms with Gasteiger partial charge in [-0.05, 0) is 36.2 Å². The first-order valence-electron chi connectivity index (χ1n) is 7.05. The van der Waals surface area contributed by atoms with Gasteiger partial charge in [0.2, 0.25) is 0 Å². The van der Waals surface area contributed by atoms with Crippen LogP contribution in [-0.2, 0) is 6.54 Å². The summed E-state index contributed by atoms with van der Waals surface area (Å²) >= 11 is 0. The Morgan fingerprint density at radius 3 is 2.71 bits per heavy atom. The van der Waals surface area contributed by atoms with Gasteiger partial charge >= 0.3 is 0 Å². The molecule has 0 unspecified atom stereocenters. The van der Waals surface area contributed by atoms with E-state index in [-0.39, 0.29) is 5.75 Å². The van der Waals surface area contributed by atoms with Crippen molar-refractivity contribution in [1.82, 2.24) is 0 Å². The van der Waals surface area contributed by atoms with Gasteiger partial charge in [0.1, 0.15) is 5.75 Å². The Bertz CT molecular complexity index is 584. The van der Waals surface area contributed by atoms with Gasteiger partial charge in [-0.2, -0.15) is 0 Å². The Balaban J connectivity index is 1.97. The van der Waals surface area contributed by atoms with E-state index in [4.69, 9.17) is 9.47 Å². The van der Waals surface area contributed by atoms with E-state index in [9.17, 15) is 5.11 Å². The monoisotopic (exact) mass is 287 g/mol. The van der Waals surface area contributed by atoms with E-state index in [1.54, 1.807) is 12.1 Å². The fraction of sp³-hybridized carbons (Fsp3) is 0.294. The minimum Gasteiger partial charge on any atom is -0.504 e. The molecule has 4 heteroatoms. The zero-order chi connectivity index (χ0) is 15.1. The molecule has 0 fully saturated rings. The minimum absolute atomic E-state index is 0.127. The predicted octanol–water partition coefficient (Wildman–Crippen LogP) is 3.80. The zero-order valence-corrected chi connectivity index (χ0v) is 12.4. The molecule has 0 saturated carbocycles. The molecule has 0 saturated heterocycles. The Kier molecular flexibility index (Phi) is 5.32. The van der Waals surface area contributed by atoms with Crippen molar-refractivity contribution in [3.05, 3.63) is 48.0 Å². The SMILES string of the molecule is CCCOc1cccc(CNc2ccc(OC)c(O)c2)c1. The third kappa shape index (κ3) is 4.31. The highest BCUT2D eigenvalue weighted by atomic mass is 16.5. The van der Waals surface area contributed by atoms with Crippen LogP contribution in [0.2, 0.25) is 0 Å². The van der Waals surface area contributed by atoms with Gasteiger partial charge in [0.05, 0.1) is 13.7 Å². The van der Waals surface area contributed by atoms with Crippen molar-refractivity contribution in [3.8, 4) is 17.2 Å². The van der Waals surface area contributed by atoms with E-state index in [2.05, 4.69) is 12.2 Å². The maximum absolute atomic E-state index is 9.74. The highest BCUT2D eigenvalue weighted by Crippen LogP contribution is 2.28. The highest BCUT2D eigenvalue weighted by Gasteiger charge is 2.03. The number of ether oxygens (including phenoxy) is 2. The second-order valence-corrected chi connectivity index (χ2v) is 4.74. The molecule has 0 amide bonds. The number of phenols is 1. The van der Waals surface area contributed by atoms with E-state index in [1.807, 2.05) is 30.3 Å². The fourth-order valence-corrected chi connectivity index (χ4v) is 1.97. The molecule has 0 aliphatic carbocycles. The van der Waals surface area contributed by atoms with Crippen molar-refractivity contribution in [2.24, 2.45) is 0 Å². The molecule has 4 nitrogen and oxygen atoms in total. The van der Waals surface area contributed by atoms with Crippen LogP contribution in [0.5, 0.6) is 17.2 Å². The van der Waals surface area contributed by atoms with Gasteiger partial charge in [0, 0.05) is 18.3 Å². The van der Waals surface area contributed by atoms with E-state index in [1.165, 1.54) is 7.11 Å². The molecule has 2 aromatic rings. The predicted molar refractivity (Wildman–Crippen MR) is 84.2 cm³/mol. The topological polar surface area (TPSA) is 50.7 Å². The Morgan fingerprint density at radius 1 is 1.14 bits per heavy atom. The number of anilines is 1. The summed E-state index contributed by atoms with van der Waals surface area (Å²) < 4.78 is 10.6. The molecule has 0 aliphatic rings. The molecule has 2 rings (SSSR count). The molecule has 21 heavy (non-hydrogen) atoms. The Morgan fingerprint density at radius 2 is 2.00 bits per heavy atom. The number of methoxy groups -OCH3 is 1. The number of hydrogen-bond donors (Lipinski definition) is 2. The first-order valence-corrected chi connectivity index (χ1v) is 7.05. The van der Waals surface area contributed by atoms with Crippen LogP contribution >= 0.6 is 0 Å². The van der Waals surface area contributed by atoms with Crippen LogP contribution in [0.15, 0.2) is 42.5 Å². The number of benzene rings is 2. The lowest BCUT2D eigenvalue weighted by atomic mass is 10.2. The molecule has 112 valence electrons. The summed E-state index contributed by atoms with van der Waals surface area (Å²) in [5.41, 5.74) is 1.96. The fourth-order valence-electron chi connectivity index (χ4n) is 1.97. The van der Waals surface area contributed by atoms with Gasteiger partial charge in [-0.3, -0.25) is 0 Å². The number of aromatic hydroxyl groups is 1. The molecule has 0 spiro atoms. The zero-order valence-electron chi connectivity index (χ0n) is 12.4. The van der Waals surface area contributed by atoms with Crippen LogP contribution in [0.1, 0.15) is 18.9 Å². The third-order valence-corrected chi connectivity index (χ3v) is 3.05. The molecular weight excluding hydrogens is 266 g/mol. The lowest BCUT2D eigenvalue weighted by molar-refractivity contribution is 0.317. The quantitative estimate of drug-likeness (QED) is 0.813. The van der Waals surface area contributed by atoms with Crippen LogP contribution < -0.4 is 14.8 Å². The van der Waals surface area contributed by atoms with Crippen LogP contribution in [-0.4, -0.2) is 18.8 Å². The van der Waals surface area contributed by atoms with Crippen LogP contribution in [0.25, 0.3) is 0 Å².